The molecule has 0 unspecified atom stereocenters. The highest BCUT2D eigenvalue weighted by atomic mass is 79.9. The molecule has 2 rings (SSSR count). The second-order valence-corrected chi connectivity index (χ2v) is 7.23. The fourth-order valence-electron chi connectivity index (χ4n) is 2.25. The van der Waals surface area contributed by atoms with Gasteiger partial charge in [0.1, 0.15) is 6.04 Å². The topological polar surface area (TPSA) is 104 Å². The zero-order chi connectivity index (χ0) is 17.9. The fourth-order valence-corrected chi connectivity index (χ4v) is 3.87. The first-order valence-corrected chi connectivity index (χ1v) is 8.88. The molecule has 0 saturated carbocycles. The first-order valence-electron chi connectivity index (χ1n) is 7.04. The molecule has 1 aliphatic heterocycles. The predicted octanol–water partition coefficient (Wildman–Crippen LogP) is 1.40. The number of carboxylic acids is 1. The Morgan fingerprint density at radius 3 is 2.67 bits per heavy atom. The number of amides is 3. The number of carboxylic acid groups (broad SMARTS) is 1. The van der Waals surface area contributed by atoms with Crippen molar-refractivity contribution in [3.63, 3.8) is 0 Å². The molecule has 9 heteroatoms. The van der Waals surface area contributed by atoms with Gasteiger partial charge in [-0.05, 0) is 28.1 Å². The van der Waals surface area contributed by atoms with Crippen LogP contribution in [0.4, 0.5) is 5.69 Å². The lowest BCUT2D eigenvalue weighted by Gasteiger charge is -2.17. The minimum atomic E-state index is -1.18. The van der Waals surface area contributed by atoms with Crippen LogP contribution in [0.15, 0.2) is 28.7 Å². The lowest BCUT2D eigenvalue weighted by molar-refractivity contribution is -0.140. The molecule has 2 atom stereocenters. The van der Waals surface area contributed by atoms with Crippen LogP contribution >= 0.6 is 27.7 Å². The third kappa shape index (κ3) is 4.15. The smallest absolute Gasteiger partial charge is 0.327 e. The van der Waals surface area contributed by atoms with E-state index in [0.717, 1.165) is 16.7 Å². The van der Waals surface area contributed by atoms with Gasteiger partial charge in [0, 0.05) is 23.6 Å². The predicted molar refractivity (Wildman–Crippen MR) is 92.7 cm³/mol. The Morgan fingerprint density at radius 1 is 1.42 bits per heavy atom. The van der Waals surface area contributed by atoms with Crippen molar-refractivity contribution in [2.75, 3.05) is 10.7 Å². The Bertz CT molecular complexity index is 696. The molecule has 0 aromatic heterocycles. The fraction of sp³-hybridized carbons (Fsp3) is 0.333. The number of imide groups is 1. The molecule has 3 amide bonds. The van der Waals surface area contributed by atoms with Gasteiger partial charge in [-0.2, -0.15) is 0 Å². The molecule has 1 heterocycles. The monoisotopic (exact) mass is 414 g/mol. The average molecular weight is 415 g/mol. The maximum absolute atomic E-state index is 12.5. The first kappa shape index (κ1) is 18.5. The number of thioether (sulfide) groups is 1. The van der Waals surface area contributed by atoms with Crippen LogP contribution in [-0.4, -0.2) is 45.8 Å². The number of carbonyl (C=O) groups is 4. The van der Waals surface area contributed by atoms with Crippen molar-refractivity contribution in [3.8, 4) is 0 Å². The van der Waals surface area contributed by atoms with Crippen LogP contribution in [0.1, 0.15) is 13.3 Å². The third-order valence-electron chi connectivity index (χ3n) is 3.34. The number of hydrogen-bond donors (Lipinski definition) is 2. The van der Waals surface area contributed by atoms with Crippen molar-refractivity contribution in [1.29, 1.82) is 0 Å². The molecular formula is C15H15BrN2O5S. The van der Waals surface area contributed by atoms with Gasteiger partial charge in [-0.1, -0.05) is 12.1 Å². The maximum Gasteiger partial charge on any atom is 0.327 e. The van der Waals surface area contributed by atoms with Crippen LogP contribution in [0.3, 0.4) is 0 Å². The molecule has 1 aliphatic rings. The lowest BCUT2D eigenvalue weighted by Crippen LogP contribution is -2.42. The number of hydrogen-bond acceptors (Lipinski definition) is 5. The Labute approximate surface area is 150 Å². The van der Waals surface area contributed by atoms with Crippen LogP contribution in [-0.2, 0) is 19.2 Å². The molecule has 0 bridgehead atoms. The second kappa shape index (κ2) is 7.80. The van der Waals surface area contributed by atoms with Crippen molar-refractivity contribution in [1.82, 2.24) is 5.32 Å². The molecule has 128 valence electrons. The number of para-hydroxylation sites is 1. The summed E-state index contributed by atoms with van der Waals surface area (Å²) in [6, 6.07) is 5.78. The van der Waals surface area contributed by atoms with Crippen molar-refractivity contribution in [2.24, 2.45) is 0 Å². The number of halogens is 1. The second-order valence-electron chi connectivity index (χ2n) is 5.14. The van der Waals surface area contributed by atoms with Crippen LogP contribution in [0.2, 0.25) is 0 Å². The Hall–Kier alpha value is -1.87. The van der Waals surface area contributed by atoms with Gasteiger partial charge in [-0.15, -0.1) is 11.8 Å². The Kier molecular flexibility index (Phi) is 6.00. The highest BCUT2D eigenvalue weighted by molar-refractivity contribution is 9.10. The zero-order valence-electron chi connectivity index (χ0n) is 12.7. The van der Waals surface area contributed by atoms with Gasteiger partial charge in [-0.25, -0.2) is 9.69 Å². The van der Waals surface area contributed by atoms with Gasteiger partial charge < -0.3 is 10.4 Å². The van der Waals surface area contributed by atoms with Crippen LogP contribution < -0.4 is 10.2 Å². The molecule has 0 radical (unpaired) electrons. The van der Waals surface area contributed by atoms with Crippen LogP contribution in [0.25, 0.3) is 0 Å². The summed E-state index contributed by atoms with van der Waals surface area (Å²) in [4.78, 5) is 47.9. The molecule has 1 aromatic rings. The highest BCUT2D eigenvalue weighted by Crippen LogP contribution is 2.34. The number of anilines is 1. The van der Waals surface area contributed by atoms with E-state index >= 15 is 0 Å². The van der Waals surface area contributed by atoms with E-state index < -0.39 is 23.2 Å². The molecular weight excluding hydrogens is 400 g/mol. The normalized spacial score (nSPS) is 18.6. The van der Waals surface area contributed by atoms with E-state index in [1.54, 1.807) is 24.3 Å². The summed E-state index contributed by atoms with van der Waals surface area (Å²) in [6.07, 6.45) is -0.00273. The van der Waals surface area contributed by atoms with Gasteiger partial charge >= 0.3 is 5.97 Å². The molecule has 2 N–H and O–H groups in total. The quantitative estimate of drug-likeness (QED) is 0.681. The molecule has 1 fully saturated rings. The van der Waals surface area contributed by atoms with Crippen LogP contribution in [0, 0.1) is 0 Å². The molecule has 1 saturated heterocycles. The Morgan fingerprint density at radius 2 is 2.08 bits per heavy atom. The van der Waals surface area contributed by atoms with Gasteiger partial charge in [0.2, 0.25) is 17.7 Å². The van der Waals surface area contributed by atoms with E-state index in [0.29, 0.717) is 10.2 Å². The zero-order valence-corrected chi connectivity index (χ0v) is 15.1. The largest absolute Gasteiger partial charge is 0.480 e. The van der Waals surface area contributed by atoms with Gasteiger partial charge in [0.15, 0.2) is 0 Å². The minimum Gasteiger partial charge on any atom is -0.480 e. The summed E-state index contributed by atoms with van der Waals surface area (Å²) in [6.45, 7) is 1.22. The minimum absolute atomic E-state index is 0.00238. The van der Waals surface area contributed by atoms with Gasteiger partial charge in [0.25, 0.3) is 0 Å². The van der Waals surface area contributed by atoms with E-state index in [1.807, 2.05) is 0 Å². The molecule has 24 heavy (non-hydrogen) atoms. The Balaban J connectivity index is 2.07. The van der Waals surface area contributed by atoms with Gasteiger partial charge in [-0.3, -0.25) is 14.4 Å². The average Bonchev–Trinajstić information content (AvgIpc) is 2.78. The summed E-state index contributed by atoms with van der Waals surface area (Å²) >= 11 is 4.37. The SMILES string of the molecule is CC(=O)N[C@@H](CS[C@@H]1CC(=O)N(c2ccccc2Br)C1=O)C(=O)O. The molecule has 7 nitrogen and oxygen atoms in total. The summed E-state index contributed by atoms with van der Waals surface area (Å²) < 4.78 is 0.624. The highest BCUT2D eigenvalue weighted by Gasteiger charge is 2.41. The number of benzene rings is 1. The van der Waals surface area contributed by atoms with E-state index in [4.69, 9.17) is 5.11 Å². The van der Waals surface area contributed by atoms with Crippen molar-refractivity contribution < 1.29 is 24.3 Å². The third-order valence-corrected chi connectivity index (χ3v) is 5.31. The van der Waals surface area contributed by atoms with Gasteiger partial charge in [0.05, 0.1) is 10.9 Å². The maximum atomic E-state index is 12.5. The number of carbonyl (C=O) groups excluding carboxylic acids is 3. The first-order chi connectivity index (χ1) is 11.3. The van der Waals surface area contributed by atoms with Crippen LogP contribution in [0.5, 0.6) is 0 Å². The van der Waals surface area contributed by atoms with Crippen molar-refractivity contribution >= 4 is 57.1 Å². The molecule has 0 spiro atoms. The summed E-state index contributed by atoms with van der Waals surface area (Å²) in [5.74, 6) is -2.37. The summed E-state index contributed by atoms with van der Waals surface area (Å²) in [5.41, 5.74) is 0.465. The molecule has 1 aromatic carbocycles. The number of aliphatic carboxylic acids is 1. The van der Waals surface area contributed by atoms with E-state index in [2.05, 4.69) is 21.2 Å². The van der Waals surface area contributed by atoms with Crippen molar-refractivity contribution in [2.45, 2.75) is 24.6 Å². The standard InChI is InChI=1S/C15H15BrN2O5S/c1-8(19)17-10(15(22)23)7-24-12-6-13(20)18(14(12)21)11-5-3-2-4-9(11)16/h2-5,10,12H,6-7H2,1H3,(H,17,19)(H,22,23)/t10-,12+/m0/s1. The number of nitrogens with one attached hydrogen (secondary N) is 1. The number of nitrogens with zero attached hydrogens (tertiary/aromatic N) is 1. The lowest BCUT2D eigenvalue weighted by atomic mass is 10.3. The van der Waals surface area contributed by atoms with E-state index in [1.165, 1.54) is 6.92 Å². The van der Waals surface area contributed by atoms with E-state index in [9.17, 15) is 19.2 Å². The number of rotatable bonds is 6. The molecule has 0 aliphatic carbocycles. The summed E-state index contributed by atoms with van der Waals surface area (Å²) in [7, 11) is 0. The van der Waals surface area contributed by atoms with Crippen molar-refractivity contribution in [3.05, 3.63) is 28.7 Å². The van der Waals surface area contributed by atoms with E-state index in [-0.39, 0.29) is 24.0 Å². The summed E-state index contributed by atoms with van der Waals surface area (Å²) in [5, 5.41) is 10.7.